The quantitative estimate of drug-likeness (QED) is 0.872. The first kappa shape index (κ1) is 17.2. The average Bonchev–Trinajstić information content (AvgIpc) is 3.07. The lowest BCUT2D eigenvalue weighted by atomic mass is 10.1. The summed E-state index contributed by atoms with van der Waals surface area (Å²) in [6.45, 7) is 4.11. The van der Waals surface area contributed by atoms with Crippen molar-refractivity contribution in [2.24, 2.45) is 5.73 Å². The zero-order chi connectivity index (χ0) is 17.6. The van der Waals surface area contributed by atoms with E-state index in [9.17, 15) is 4.79 Å². The van der Waals surface area contributed by atoms with Crippen molar-refractivity contribution in [3.8, 4) is 11.5 Å². The molecule has 1 aliphatic heterocycles. The predicted molar refractivity (Wildman–Crippen MR) is 94.7 cm³/mol. The number of likely N-dealkylation sites (tertiary alicyclic amines) is 1. The first-order chi connectivity index (χ1) is 12.2. The van der Waals surface area contributed by atoms with Crippen LogP contribution in [0.15, 0.2) is 42.7 Å². The monoisotopic (exact) mass is 341 g/mol. The number of carbonyl (C=O) groups excluding carboxylic acids is 1. The molecular formula is C19H23N3O3. The molecule has 1 atom stereocenters. The van der Waals surface area contributed by atoms with Gasteiger partial charge < -0.3 is 20.1 Å². The summed E-state index contributed by atoms with van der Waals surface area (Å²) in [6, 6.07) is 9.17. The maximum absolute atomic E-state index is 12.6. The van der Waals surface area contributed by atoms with Gasteiger partial charge in [0.05, 0.1) is 6.61 Å². The molecule has 6 heteroatoms. The van der Waals surface area contributed by atoms with Gasteiger partial charge in [-0.3, -0.25) is 9.78 Å². The Balaban J connectivity index is 1.74. The molecule has 0 saturated carbocycles. The van der Waals surface area contributed by atoms with E-state index in [-0.39, 0.29) is 11.9 Å². The number of ether oxygens (including phenoxy) is 2. The van der Waals surface area contributed by atoms with Crippen molar-refractivity contribution >= 4 is 5.91 Å². The Kier molecular flexibility index (Phi) is 5.50. The zero-order valence-electron chi connectivity index (χ0n) is 14.4. The number of aromatic nitrogens is 1. The molecule has 0 unspecified atom stereocenters. The molecule has 132 valence electrons. The highest BCUT2D eigenvalue weighted by molar-refractivity contribution is 5.95. The lowest BCUT2D eigenvalue weighted by Crippen LogP contribution is -2.31. The van der Waals surface area contributed by atoms with E-state index in [2.05, 4.69) is 4.98 Å². The van der Waals surface area contributed by atoms with Gasteiger partial charge >= 0.3 is 0 Å². The lowest BCUT2D eigenvalue weighted by molar-refractivity contribution is 0.0790. The smallest absolute Gasteiger partial charge is 0.254 e. The summed E-state index contributed by atoms with van der Waals surface area (Å²) < 4.78 is 11.5. The van der Waals surface area contributed by atoms with Crippen molar-refractivity contribution < 1.29 is 14.3 Å². The molecule has 25 heavy (non-hydrogen) atoms. The van der Waals surface area contributed by atoms with Crippen LogP contribution in [0.25, 0.3) is 0 Å². The molecule has 1 aliphatic rings. The van der Waals surface area contributed by atoms with Gasteiger partial charge in [0, 0.05) is 37.1 Å². The minimum atomic E-state index is -0.0189. The minimum Gasteiger partial charge on any atom is -0.490 e. The average molecular weight is 341 g/mol. The first-order valence-corrected chi connectivity index (χ1v) is 8.50. The summed E-state index contributed by atoms with van der Waals surface area (Å²) in [6.07, 6.45) is 4.30. The molecule has 3 rings (SSSR count). The van der Waals surface area contributed by atoms with Gasteiger partial charge in [0.15, 0.2) is 11.5 Å². The molecule has 2 heterocycles. The number of nitrogens with zero attached hydrogens (tertiary/aromatic N) is 2. The first-order valence-electron chi connectivity index (χ1n) is 8.50. The van der Waals surface area contributed by atoms with Crippen LogP contribution in [-0.2, 0) is 6.61 Å². The van der Waals surface area contributed by atoms with Crippen LogP contribution in [0, 0.1) is 0 Å². The number of amides is 1. The molecule has 0 radical (unpaired) electrons. The van der Waals surface area contributed by atoms with Crippen molar-refractivity contribution in [2.75, 3.05) is 19.7 Å². The molecule has 1 saturated heterocycles. The highest BCUT2D eigenvalue weighted by Gasteiger charge is 2.25. The fraction of sp³-hybridized carbons (Fsp3) is 0.368. The number of nitrogens with two attached hydrogens (primary N) is 1. The Bertz CT molecular complexity index is 721. The van der Waals surface area contributed by atoms with E-state index in [1.165, 1.54) is 0 Å². The molecule has 0 bridgehead atoms. The number of hydrogen-bond acceptors (Lipinski definition) is 5. The van der Waals surface area contributed by atoms with E-state index < -0.39 is 0 Å². The van der Waals surface area contributed by atoms with Crippen molar-refractivity contribution in [3.05, 3.63) is 53.9 Å². The summed E-state index contributed by atoms with van der Waals surface area (Å²) in [4.78, 5) is 18.4. The Morgan fingerprint density at radius 2 is 2.04 bits per heavy atom. The highest BCUT2D eigenvalue weighted by Crippen LogP contribution is 2.30. The van der Waals surface area contributed by atoms with Crippen LogP contribution >= 0.6 is 0 Å². The number of hydrogen-bond donors (Lipinski definition) is 1. The lowest BCUT2D eigenvalue weighted by Gasteiger charge is -2.18. The second kappa shape index (κ2) is 7.98. The maximum Gasteiger partial charge on any atom is 0.254 e. The van der Waals surface area contributed by atoms with Crippen LogP contribution in [0.3, 0.4) is 0 Å². The third kappa shape index (κ3) is 4.28. The molecule has 1 amide bonds. The van der Waals surface area contributed by atoms with Gasteiger partial charge in [0.2, 0.25) is 0 Å². The Morgan fingerprint density at radius 1 is 1.24 bits per heavy atom. The van der Waals surface area contributed by atoms with Gasteiger partial charge in [-0.2, -0.15) is 0 Å². The summed E-state index contributed by atoms with van der Waals surface area (Å²) in [5.74, 6) is 1.17. The molecule has 1 aromatic carbocycles. The van der Waals surface area contributed by atoms with Crippen LogP contribution in [0.1, 0.15) is 29.3 Å². The second-order valence-electron chi connectivity index (χ2n) is 6.04. The summed E-state index contributed by atoms with van der Waals surface area (Å²) in [7, 11) is 0. The van der Waals surface area contributed by atoms with Crippen LogP contribution in [0.4, 0.5) is 0 Å². The van der Waals surface area contributed by atoms with Crippen molar-refractivity contribution in [3.63, 3.8) is 0 Å². The molecule has 1 fully saturated rings. The van der Waals surface area contributed by atoms with Crippen LogP contribution in [0.5, 0.6) is 11.5 Å². The highest BCUT2D eigenvalue weighted by atomic mass is 16.5. The van der Waals surface area contributed by atoms with Gasteiger partial charge in [0.1, 0.15) is 6.61 Å². The van der Waals surface area contributed by atoms with Crippen LogP contribution < -0.4 is 15.2 Å². The third-order valence-corrected chi connectivity index (χ3v) is 4.15. The SMILES string of the molecule is CCOc1cc(C(=O)N2CC[C@@H](N)C2)ccc1OCc1ccncc1. The summed E-state index contributed by atoms with van der Waals surface area (Å²) in [5.41, 5.74) is 7.50. The van der Waals surface area contributed by atoms with Crippen molar-refractivity contribution in [1.29, 1.82) is 0 Å². The molecule has 1 aromatic heterocycles. The molecule has 2 aromatic rings. The normalized spacial score (nSPS) is 16.7. The molecule has 2 N–H and O–H groups in total. The molecule has 6 nitrogen and oxygen atoms in total. The van der Waals surface area contributed by atoms with Gasteiger partial charge in [0.25, 0.3) is 5.91 Å². The van der Waals surface area contributed by atoms with E-state index in [0.717, 1.165) is 12.0 Å². The van der Waals surface area contributed by atoms with Gasteiger partial charge in [-0.05, 0) is 49.2 Å². The van der Waals surface area contributed by atoms with Gasteiger partial charge in [-0.15, -0.1) is 0 Å². The van der Waals surface area contributed by atoms with E-state index in [4.69, 9.17) is 15.2 Å². The zero-order valence-corrected chi connectivity index (χ0v) is 14.4. The Morgan fingerprint density at radius 3 is 2.72 bits per heavy atom. The van der Waals surface area contributed by atoms with E-state index in [1.807, 2.05) is 19.1 Å². The number of pyridine rings is 1. The largest absolute Gasteiger partial charge is 0.490 e. The summed E-state index contributed by atoms with van der Waals surface area (Å²) in [5, 5.41) is 0. The van der Waals surface area contributed by atoms with Crippen LogP contribution in [0.2, 0.25) is 0 Å². The van der Waals surface area contributed by atoms with Gasteiger partial charge in [-0.25, -0.2) is 0 Å². The van der Waals surface area contributed by atoms with E-state index in [0.29, 0.717) is 43.4 Å². The fourth-order valence-corrected chi connectivity index (χ4v) is 2.82. The maximum atomic E-state index is 12.6. The molecule has 0 aliphatic carbocycles. The third-order valence-electron chi connectivity index (χ3n) is 4.15. The van der Waals surface area contributed by atoms with E-state index in [1.54, 1.807) is 35.5 Å². The number of carbonyl (C=O) groups is 1. The predicted octanol–water partition coefficient (Wildman–Crippen LogP) is 2.23. The topological polar surface area (TPSA) is 77.7 Å². The van der Waals surface area contributed by atoms with E-state index >= 15 is 0 Å². The fourth-order valence-electron chi connectivity index (χ4n) is 2.82. The van der Waals surface area contributed by atoms with Crippen LogP contribution in [-0.4, -0.2) is 41.5 Å². The minimum absolute atomic E-state index is 0.0189. The molecule has 0 spiro atoms. The summed E-state index contributed by atoms with van der Waals surface area (Å²) >= 11 is 0. The second-order valence-corrected chi connectivity index (χ2v) is 6.04. The van der Waals surface area contributed by atoms with Crippen molar-refractivity contribution in [2.45, 2.75) is 26.0 Å². The standard InChI is InChI=1S/C19H23N3O3/c1-2-24-18-11-15(19(23)22-10-7-16(20)12-22)3-4-17(18)25-13-14-5-8-21-9-6-14/h3-6,8-9,11,16H,2,7,10,12-13,20H2,1H3/t16-/m1/s1. The Hall–Kier alpha value is -2.60. The van der Waals surface area contributed by atoms with Gasteiger partial charge in [-0.1, -0.05) is 0 Å². The van der Waals surface area contributed by atoms with Crippen molar-refractivity contribution in [1.82, 2.24) is 9.88 Å². The number of rotatable bonds is 6. The Labute approximate surface area is 147 Å². The number of benzene rings is 1. The molecular weight excluding hydrogens is 318 g/mol.